The zero-order chi connectivity index (χ0) is 13.7. The maximum Gasteiger partial charge on any atom is 0.163 e. The van der Waals surface area contributed by atoms with Crippen LogP contribution in [0.3, 0.4) is 0 Å². The molecule has 1 saturated heterocycles. The summed E-state index contributed by atoms with van der Waals surface area (Å²) in [4.78, 5) is 13.8. The number of ether oxygens (including phenoxy) is 1. The number of benzene rings is 1. The molecule has 4 heteroatoms. The number of nitrogens with two attached hydrogens (primary N) is 1. The predicted molar refractivity (Wildman–Crippen MR) is 75.5 cm³/mol. The second kappa shape index (κ2) is 6.68. The molecule has 0 bridgehead atoms. The average Bonchev–Trinajstić information content (AvgIpc) is 2.87. The average molecular weight is 262 g/mol. The predicted octanol–water partition coefficient (Wildman–Crippen LogP) is 1.55. The molecule has 104 valence electrons. The highest BCUT2D eigenvalue weighted by molar-refractivity contribution is 5.96. The summed E-state index contributed by atoms with van der Waals surface area (Å²) in [5.41, 5.74) is 6.33. The maximum absolute atomic E-state index is 11.5. The molecule has 1 unspecified atom stereocenters. The van der Waals surface area contributed by atoms with E-state index in [4.69, 9.17) is 10.5 Å². The fraction of sp³-hybridized carbons (Fsp3) is 0.533. The van der Waals surface area contributed by atoms with Gasteiger partial charge in [-0.25, -0.2) is 0 Å². The van der Waals surface area contributed by atoms with Gasteiger partial charge in [-0.05, 0) is 44.5 Å². The minimum atomic E-state index is 0.0416. The molecule has 1 aliphatic heterocycles. The minimum absolute atomic E-state index is 0.0416. The van der Waals surface area contributed by atoms with Gasteiger partial charge in [0.25, 0.3) is 0 Å². The fourth-order valence-corrected chi connectivity index (χ4v) is 2.48. The van der Waals surface area contributed by atoms with Crippen molar-refractivity contribution in [2.24, 2.45) is 11.7 Å². The standard InChI is InChI=1S/C15H22N2O2/c1-12(18)14-4-2-3-5-15(14)19-9-8-17-7-6-13(10-16)11-17/h2-5,13H,6-11,16H2,1H3. The molecule has 1 atom stereocenters. The first kappa shape index (κ1) is 14.0. The number of carbonyl (C=O) groups is 1. The lowest BCUT2D eigenvalue weighted by molar-refractivity contribution is 0.101. The Bertz CT molecular complexity index is 434. The molecule has 2 rings (SSSR count). The quantitative estimate of drug-likeness (QED) is 0.790. The smallest absolute Gasteiger partial charge is 0.163 e. The molecular weight excluding hydrogens is 240 g/mol. The van der Waals surface area contributed by atoms with Crippen LogP contribution in [0.2, 0.25) is 0 Å². The summed E-state index contributed by atoms with van der Waals surface area (Å²) in [6.07, 6.45) is 1.18. The van der Waals surface area contributed by atoms with E-state index < -0.39 is 0 Å². The number of ketones is 1. The highest BCUT2D eigenvalue weighted by Gasteiger charge is 2.20. The zero-order valence-electron chi connectivity index (χ0n) is 11.5. The van der Waals surface area contributed by atoms with Gasteiger partial charge < -0.3 is 10.5 Å². The Morgan fingerprint density at radius 3 is 2.95 bits per heavy atom. The topological polar surface area (TPSA) is 55.6 Å². The Morgan fingerprint density at radius 2 is 2.26 bits per heavy atom. The van der Waals surface area contributed by atoms with Crippen molar-refractivity contribution in [2.75, 3.05) is 32.8 Å². The van der Waals surface area contributed by atoms with Crippen molar-refractivity contribution in [1.82, 2.24) is 4.90 Å². The van der Waals surface area contributed by atoms with Gasteiger partial charge in [0.15, 0.2) is 5.78 Å². The van der Waals surface area contributed by atoms with Crippen molar-refractivity contribution < 1.29 is 9.53 Å². The van der Waals surface area contributed by atoms with Crippen molar-refractivity contribution in [3.05, 3.63) is 29.8 Å². The number of hydrogen-bond acceptors (Lipinski definition) is 4. The molecule has 19 heavy (non-hydrogen) atoms. The highest BCUT2D eigenvalue weighted by Crippen LogP contribution is 2.19. The molecular formula is C15H22N2O2. The summed E-state index contributed by atoms with van der Waals surface area (Å²) in [7, 11) is 0. The number of para-hydroxylation sites is 1. The van der Waals surface area contributed by atoms with Gasteiger partial charge in [0.2, 0.25) is 0 Å². The van der Waals surface area contributed by atoms with E-state index in [1.54, 1.807) is 13.0 Å². The maximum atomic E-state index is 11.5. The molecule has 1 heterocycles. The first-order valence-electron chi connectivity index (χ1n) is 6.86. The van der Waals surface area contributed by atoms with Gasteiger partial charge in [-0.2, -0.15) is 0 Å². The molecule has 1 aromatic carbocycles. The van der Waals surface area contributed by atoms with E-state index in [1.807, 2.05) is 18.2 Å². The number of nitrogens with zero attached hydrogens (tertiary/aromatic N) is 1. The first-order chi connectivity index (χ1) is 9.20. The van der Waals surface area contributed by atoms with Crippen LogP contribution in [-0.2, 0) is 0 Å². The summed E-state index contributed by atoms with van der Waals surface area (Å²) >= 11 is 0. The van der Waals surface area contributed by atoms with Crippen LogP contribution >= 0.6 is 0 Å². The molecule has 1 fully saturated rings. The van der Waals surface area contributed by atoms with E-state index in [0.717, 1.165) is 26.2 Å². The van der Waals surface area contributed by atoms with E-state index in [9.17, 15) is 4.79 Å². The highest BCUT2D eigenvalue weighted by atomic mass is 16.5. The number of likely N-dealkylation sites (tertiary alicyclic amines) is 1. The summed E-state index contributed by atoms with van der Waals surface area (Å²) in [5, 5.41) is 0. The van der Waals surface area contributed by atoms with Crippen LogP contribution in [0.5, 0.6) is 5.75 Å². The van der Waals surface area contributed by atoms with Crippen molar-refractivity contribution in [3.63, 3.8) is 0 Å². The zero-order valence-corrected chi connectivity index (χ0v) is 11.5. The van der Waals surface area contributed by atoms with Crippen LogP contribution in [0.4, 0.5) is 0 Å². The summed E-state index contributed by atoms with van der Waals surface area (Å²) in [6.45, 7) is 6.00. The van der Waals surface area contributed by atoms with Gasteiger partial charge in [0.05, 0.1) is 5.56 Å². The molecule has 1 aliphatic rings. The molecule has 0 aliphatic carbocycles. The third-order valence-corrected chi connectivity index (χ3v) is 3.63. The molecule has 4 nitrogen and oxygen atoms in total. The minimum Gasteiger partial charge on any atom is -0.491 e. The van der Waals surface area contributed by atoms with E-state index >= 15 is 0 Å². The van der Waals surface area contributed by atoms with Gasteiger partial charge >= 0.3 is 0 Å². The van der Waals surface area contributed by atoms with Gasteiger partial charge in [0, 0.05) is 13.1 Å². The lowest BCUT2D eigenvalue weighted by atomic mass is 10.1. The van der Waals surface area contributed by atoms with Gasteiger partial charge in [-0.3, -0.25) is 9.69 Å². The Balaban J connectivity index is 1.82. The number of carbonyl (C=O) groups excluding carboxylic acids is 1. The van der Waals surface area contributed by atoms with E-state index in [0.29, 0.717) is 23.8 Å². The van der Waals surface area contributed by atoms with Crippen LogP contribution in [0.15, 0.2) is 24.3 Å². The van der Waals surface area contributed by atoms with Crippen LogP contribution in [-0.4, -0.2) is 43.5 Å². The monoisotopic (exact) mass is 262 g/mol. The van der Waals surface area contributed by atoms with Crippen molar-refractivity contribution in [1.29, 1.82) is 0 Å². The number of hydrogen-bond donors (Lipinski definition) is 1. The molecule has 0 amide bonds. The molecule has 2 N–H and O–H groups in total. The third-order valence-electron chi connectivity index (χ3n) is 3.63. The van der Waals surface area contributed by atoms with Crippen molar-refractivity contribution in [3.8, 4) is 5.75 Å². The molecule has 0 radical (unpaired) electrons. The Labute approximate surface area is 114 Å². The number of rotatable bonds is 6. The number of Topliss-reactive ketones (excluding diaryl/α,β-unsaturated/α-hetero) is 1. The molecule has 0 aromatic heterocycles. The van der Waals surface area contributed by atoms with E-state index in [2.05, 4.69) is 4.90 Å². The lowest BCUT2D eigenvalue weighted by Gasteiger charge is -2.16. The van der Waals surface area contributed by atoms with E-state index in [1.165, 1.54) is 6.42 Å². The Morgan fingerprint density at radius 1 is 1.47 bits per heavy atom. The van der Waals surface area contributed by atoms with Crippen LogP contribution in [0.25, 0.3) is 0 Å². The molecule has 1 aromatic rings. The summed E-state index contributed by atoms with van der Waals surface area (Å²) < 4.78 is 5.74. The summed E-state index contributed by atoms with van der Waals surface area (Å²) in [5.74, 6) is 1.36. The van der Waals surface area contributed by atoms with Gasteiger partial charge in [0.1, 0.15) is 12.4 Å². The molecule has 0 saturated carbocycles. The van der Waals surface area contributed by atoms with Crippen molar-refractivity contribution in [2.45, 2.75) is 13.3 Å². The normalized spacial score (nSPS) is 19.6. The van der Waals surface area contributed by atoms with Crippen LogP contribution in [0.1, 0.15) is 23.7 Å². The Kier molecular flexibility index (Phi) is 4.93. The van der Waals surface area contributed by atoms with E-state index in [-0.39, 0.29) is 5.78 Å². The van der Waals surface area contributed by atoms with Crippen LogP contribution < -0.4 is 10.5 Å². The molecule has 0 spiro atoms. The second-order valence-electron chi connectivity index (χ2n) is 5.09. The third kappa shape index (κ3) is 3.78. The SMILES string of the molecule is CC(=O)c1ccccc1OCCN1CCC(CN)C1. The van der Waals surface area contributed by atoms with Crippen LogP contribution in [0, 0.1) is 5.92 Å². The van der Waals surface area contributed by atoms with Crippen molar-refractivity contribution >= 4 is 5.78 Å². The first-order valence-corrected chi connectivity index (χ1v) is 6.86. The summed E-state index contributed by atoms with van der Waals surface area (Å²) in [6, 6.07) is 7.40. The van der Waals surface area contributed by atoms with Gasteiger partial charge in [-0.1, -0.05) is 12.1 Å². The largest absolute Gasteiger partial charge is 0.491 e. The second-order valence-corrected chi connectivity index (χ2v) is 5.09. The Hall–Kier alpha value is -1.39. The van der Waals surface area contributed by atoms with Gasteiger partial charge in [-0.15, -0.1) is 0 Å². The lowest BCUT2D eigenvalue weighted by Crippen LogP contribution is -2.27. The fourth-order valence-electron chi connectivity index (χ4n) is 2.48.